The van der Waals surface area contributed by atoms with Gasteiger partial charge in [-0.15, -0.1) is 0 Å². The van der Waals surface area contributed by atoms with Crippen LogP contribution in [0.2, 0.25) is 15.1 Å². The molecule has 0 aliphatic rings. The van der Waals surface area contributed by atoms with Crippen molar-refractivity contribution < 1.29 is 18.0 Å². The summed E-state index contributed by atoms with van der Waals surface area (Å²) in [6.07, 6.45) is 0. The van der Waals surface area contributed by atoms with Gasteiger partial charge in [0, 0.05) is 28.7 Å². The van der Waals surface area contributed by atoms with Crippen molar-refractivity contribution in [3.8, 4) is 0 Å². The number of rotatable bonds is 9. The Hall–Kier alpha value is -2.78. The van der Waals surface area contributed by atoms with Crippen molar-refractivity contribution in [2.45, 2.75) is 31.3 Å². The third-order valence-electron chi connectivity index (χ3n) is 5.77. The highest BCUT2D eigenvalue weighted by atomic mass is 35.5. The molecule has 3 aromatic rings. The maximum Gasteiger partial charge on any atom is 0.264 e. The number of amides is 2. The largest absolute Gasteiger partial charge is 0.357 e. The number of anilines is 1. The van der Waals surface area contributed by atoms with E-state index >= 15 is 0 Å². The molecule has 0 aromatic heterocycles. The van der Waals surface area contributed by atoms with Gasteiger partial charge in [-0.25, -0.2) is 8.42 Å². The van der Waals surface area contributed by atoms with E-state index in [-0.39, 0.29) is 17.1 Å². The fourth-order valence-electron chi connectivity index (χ4n) is 3.60. The summed E-state index contributed by atoms with van der Waals surface area (Å²) in [5.41, 5.74) is 1.68. The van der Waals surface area contributed by atoms with Gasteiger partial charge in [0.1, 0.15) is 12.6 Å². The van der Waals surface area contributed by atoms with Crippen LogP contribution in [0.4, 0.5) is 5.69 Å². The lowest BCUT2D eigenvalue weighted by Crippen LogP contribution is -2.50. The molecule has 2 amide bonds. The van der Waals surface area contributed by atoms with Crippen LogP contribution in [-0.4, -0.2) is 44.8 Å². The van der Waals surface area contributed by atoms with Gasteiger partial charge in [0.25, 0.3) is 10.0 Å². The minimum atomic E-state index is -4.15. The Balaban J connectivity index is 2.04. The van der Waals surface area contributed by atoms with Gasteiger partial charge < -0.3 is 10.2 Å². The molecule has 11 heteroatoms. The quantitative estimate of drug-likeness (QED) is 0.370. The van der Waals surface area contributed by atoms with E-state index in [1.807, 2.05) is 6.92 Å². The zero-order valence-corrected chi connectivity index (χ0v) is 23.5. The van der Waals surface area contributed by atoms with Crippen molar-refractivity contribution in [3.63, 3.8) is 0 Å². The Bertz CT molecular complexity index is 1380. The van der Waals surface area contributed by atoms with Crippen LogP contribution in [0.25, 0.3) is 0 Å². The van der Waals surface area contributed by atoms with Gasteiger partial charge in [0.15, 0.2) is 0 Å². The molecule has 196 valence electrons. The summed E-state index contributed by atoms with van der Waals surface area (Å²) in [5.74, 6) is -1.02. The summed E-state index contributed by atoms with van der Waals surface area (Å²) in [7, 11) is -2.69. The minimum absolute atomic E-state index is 0.0208. The van der Waals surface area contributed by atoms with E-state index < -0.39 is 34.4 Å². The van der Waals surface area contributed by atoms with Gasteiger partial charge in [-0.1, -0.05) is 58.6 Å². The van der Waals surface area contributed by atoms with Gasteiger partial charge in [-0.3, -0.25) is 13.9 Å². The normalized spacial score (nSPS) is 12.1. The predicted molar refractivity (Wildman–Crippen MR) is 148 cm³/mol. The third kappa shape index (κ3) is 6.96. The molecule has 0 bridgehead atoms. The summed E-state index contributed by atoms with van der Waals surface area (Å²) < 4.78 is 28.4. The molecule has 0 saturated carbocycles. The summed E-state index contributed by atoms with van der Waals surface area (Å²) in [6, 6.07) is 16.3. The highest BCUT2D eigenvalue weighted by Gasteiger charge is 2.32. The van der Waals surface area contributed by atoms with Crippen LogP contribution >= 0.6 is 34.8 Å². The van der Waals surface area contributed by atoms with Crippen LogP contribution in [0.5, 0.6) is 0 Å². The number of hydrogen-bond acceptors (Lipinski definition) is 4. The van der Waals surface area contributed by atoms with Crippen molar-refractivity contribution in [2.24, 2.45) is 0 Å². The molecule has 1 atom stereocenters. The minimum Gasteiger partial charge on any atom is -0.357 e. The molecular weight excluding hydrogens is 557 g/mol. The molecule has 1 unspecified atom stereocenters. The van der Waals surface area contributed by atoms with Crippen LogP contribution in [0.1, 0.15) is 18.1 Å². The lowest BCUT2D eigenvalue weighted by molar-refractivity contribution is -0.139. The van der Waals surface area contributed by atoms with Gasteiger partial charge in [0.05, 0.1) is 10.6 Å². The third-order valence-corrected chi connectivity index (χ3v) is 8.40. The van der Waals surface area contributed by atoms with E-state index in [4.69, 9.17) is 34.8 Å². The molecular formula is C26H26Cl3N3O4S. The summed E-state index contributed by atoms with van der Waals surface area (Å²) in [5, 5.41) is 3.68. The number of aryl methyl sites for hydroxylation is 1. The molecule has 1 N–H and O–H groups in total. The van der Waals surface area contributed by atoms with Crippen molar-refractivity contribution >= 4 is 62.3 Å². The van der Waals surface area contributed by atoms with Crippen LogP contribution in [-0.2, 0) is 26.2 Å². The second-order valence-electron chi connectivity index (χ2n) is 8.35. The van der Waals surface area contributed by atoms with Crippen LogP contribution < -0.4 is 9.62 Å². The first-order valence-electron chi connectivity index (χ1n) is 11.2. The Morgan fingerprint density at radius 3 is 2.08 bits per heavy atom. The van der Waals surface area contributed by atoms with Crippen LogP contribution in [0.15, 0.2) is 71.6 Å². The summed E-state index contributed by atoms with van der Waals surface area (Å²) in [4.78, 5) is 27.5. The molecule has 0 fully saturated rings. The van der Waals surface area contributed by atoms with E-state index in [0.717, 1.165) is 9.87 Å². The number of carbonyl (C=O) groups excluding carboxylic acids is 2. The van der Waals surface area contributed by atoms with Crippen molar-refractivity contribution in [3.05, 3.63) is 92.9 Å². The number of benzene rings is 3. The van der Waals surface area contributed by atoms with E-state index in [0.29, 0.717) is 20.6 Å². The molecule has 0 aliphatic carbocycles. The first-order chi connectivity index (χ1) is 17.4. The number of halogens is 3. The average Bonchev–Trinajstić information content (AvgIpc) is 2.86. The van der Waals surface area contributed by atoms with Crippen LogP contribution in [0, 0.1) is 6.92 Å². The molecule has 0 radical (unpaired) electrons. The highest BCUT2D eigenvalue weighted by Crippen LogP contribution is 2.27. The fraction of sp³-hybridized carbons (Fsp3) is 0.231. The second-order valence-corrected chi connectivity index (χ2v) is 11.5. The molecule has 0 aliphatic heterocycles. The molecule has 0 spiro atoms. The van der Waals surface area contributed by atoms with E-state index in [1.54, 1.807) is 31.2 Å². The topological polar surface area (TPSA) is 86.8 Å². The molecule has 7 nitrogen and oxygen atoms in total. The van der Waals surface area contributed by atoms with Gasteiger partial charge >= 0.3 is 0 Å². The number of sulfonamides is 1. The Morgan fingerprint density at radius 2 is 1.51 bits per heavy atom. The Labute approximate surface area is 232 Å². The fourth-order valence-corrected chi connectivity index (χ4v) is 5.61. The Morgan fingerprint density at radius 1 is 0.919 bits per heavy atom. The van der Waals surface area contributed by atoms with Gasteiger partial charge in [-0.05, 0) is 67.9 Å². The first kappa shape index (κ1) is 28.8. The number of likely N-dealkylation sites (N-methyl/N-ethyl adjacent to an activating group) is 1. The standard InChI is InChI=1S/C26H26Cl3N3O4S/c1-17-4-12-23(13-5-17)37(35,36)32(22-10-8-20(27)9-11-22)16-25(33)31(18(2)26(34)30-3)15-19-6-7-21(28)14-24(19)29/h4-14,18H,15-16H2,1-3H3,(H,30,34). The van der Waals surface area contributed by atoms with Gasteiger partial charge in [-0.2, -0.15) is 0 Å². The molecule has 3 aromatic carbocycles. The number of hydrogen-bond donors (Lipinski definition) is 1. The Kier molecular flexibility index (Phi) is 9.47. The maximum atomic E-state index is 13.7. The van der Waals surface area contributed by atoms with E-state index in [1.165, 1.54) is 54.4 Å². The summed E-state index contributed by atoms with van der Waals surface area (Å²) in [6.45, 7) is 2.80. The average molecular weight is 583 g/mol. The number of nitrogens with one attached hydrogen (secondary N) is 1. The maximum absolute atomic E-state index is 13.7. The van der Waals surface area contributed by atoms with Crippen molar-refractivity contribution in [1.82, 2.24) is 10.2 Å². The molecule has 3 rings (SSSR count). The summed E-state index contributed by atoms with van der Waals surface area (Å²) >= 11 is 18.4. The van der Waals surface area contributed by atoms with Crippen molar-refractivity contribution in [2.75, 3.05) is 17.9 Å². The van der Waals surface area contributed by atoms with Gasteiger partial charge in [0.2, 0.25) is 11.8 Å². The van der Waals surface area contributed by atoms with Crippen LogP contribution in [0.3, 0.4) is 0 Å². The predicted octanol–water partition coefficient (Wildman–Crippen LogP) is 5.31. The van der Waals surface area contributed by atoms with Crippen molar-refractivity contribution in [1.29, 1.82) is 0 Å². The zero-order chi connectivity index (χ0) is 27.3. The molecule has 0 heterocycles. The van der Waals surface area contributed by atoms with E-state index in [2.05, 4.69) is 5.32 Å². The first-order valence-corrected chi connectivity index (χ1v) is 13.8. The SMILES string of the molecule is CNC(=O)C(C)N(Cc1ccc(Cl)cc1Cl)C(=O)CN(c1ccc(Cl)cc1)S(=O)(=O)c1ccc(C)cc1. The second kappa shape index (κ2) is 12.2. The highest BCUT2D eigenvalue weighted by molar-refractivity contribution is 7.92. The lowest BCUT2D eigenvalue weighted by atomic mass is 10.1. The van der Waals surface area contributed by atoms with E-state index in [9.17, 15) is 18.0 Å². The monoisotopic (exact) mass is 581 g/mol. The zero-order valence-electron chi connectivity index (χ0n) is 20.4. The lowest BCUT2D eigenvalue weighted by Gasteiger charge is -2.32. The molecule has 37 heavy (non-hydrogen) atoms. The molecule has 0 saturated heterocycles. The number of nitrogens with zero attached hydrogens (tertiary/aromatic N) is 2. The number of carbonyl (C=O) groups is 2. The smallest absolute Gasteiger partial charge is 0.264 e.